The first-order valence-corrected chi connectivity index (χ1v) is 5.81. The lowest BCUT2D eigenvalue weighted by atomic mass is 10.3. The van der Waals surface area contributed by atoms with Crippen molar-refractivity contribution in [1.82, 2.24) is 10.2 Å². The molecule has 0 amide bonds. The lowest BCUT2D eigenvalue weighted by molar-refractivity contribution is 0.415. The molecule has 0 aliphatic heterocycles. The first-order chi connectivity index (χ1) is 8.35. The Morgan fingerprint density at radius 2 is 2.06 bits per heavy atom. The maximum Gasteiger partial charge on any atom is 0.152 e. The van der Waals surface area contributed by atoms with E-state index in [0.29, 0.717) is 5.92 Å². The summed E-state index contributed by atoms with van der Waals surface area (Å²) in [6, 6.07) is 9.89. The Kier molecular flexibility index (Phi) is 2.48. The highest BCUT2D eigenvalue weighted by atomic mass is 16.5. The summed E-state index contributed by atoms with van der Waals surface area (Å²) in [5.41, 5.74) is 2.25. The van der Waals surface area contributed by atoms with Gasteiger partial charge in [0.15, 0.2) is 5.82 Å². The van der Waals surface area contributed by atoms with Crippen LogP contribution in [-0.4, -0.2) is 17.3 Å². The largest absolute Gasteiger partial charge is 0.497 e. The third kappa shape index (κ3) is 2.25. The first-order valence-electron chi connectivity index (χ1n) is 5.81. The van der Waals surface area contributed by atoms with E-state index in [1.54, 1.807) is 7.11 Å². The number of benzene rings is 1. The van der Waals surface area contributed by atoms with Crippen LogP contribution in [-0.2, 0) is 0 Å². The zero-order valence-electron chi connectivity index (χ0n) is 9.73. The summed E-state index contributed by atoms with van der Waals surface area (Å²) < 4.78 is 5.11. The van der Waals surface area contributed by atoms with Crippen LogP contribution in [0.15, 0.2) is 30.3 Å². The van der Waals surface area contributed by atoms with E-state index in [1.807, 2.05) is 24.3 Å². The monoisotopic (exact) mass is 229 g/mol. The Balaban J connectivity index is 1.71. The second-order valence-electron chi connectivity index (χ2n) is 4.34. The molecule has 1 aromatic heterocycles. The number of hydrogen-bond acceptors (Lipinski definition) is 3. The summed E-state index contributed by atoms with van der Waals surface area (Å²) in [5.74, 6) is 2.43. The second-order valence-corrected chi connectivity index (χ2v) is 4.34. The topological polar surface area (TPSA) is 49.9 Å². The molecular formula is C13H15N3O. The van der Waals surface area contributed by atoms with Gasteiger partial charge in [0, 0.05) is 23.4 Å². The molecule has 0 saturated heterocycles. The molecule has 1 fully saturated rings. The van der Waals surface area contributed by atoms with Crippen LogP contribution in [0.1, 0.15) is 24.5 Å². The molecule has 2 aromatic rings. The van der Waals surface area contributed by atoms with Crippen LogP contribution in [0, 0.1) is 0 Å². The molecule has 4 heteroatoms. The fourth-order valence-electron chi connectivity index (χ4n) is 1.83. The number of anilines is 2. The molecule has 17 heavy (non-hydrogen) atoms. The lowest BCUT2D eigenvalue weighted by Gasteiger charge is -2.03. The van der Waals surface area contributed by atoms with Crippen LogP contribution < -0.4 is 10.1 Å². The van der Waals surface area contributed by atoms with Crippen molar-refractivity contribution in [1.29, 1.82) is 0 Å². The average molecular weight is 229 g/mol. The van der Waals surface area contributed by atoms with Gasteiger partial charge < -0.3 is 10.1 Å². The number of nitrogens with zero attached hydrogens (tertiary/aromatic N) is 1. The molecule has 1 saturated carbocycles. The van der Waals surface area contributed by atoms with Crippen LogP contribution in [0.5, 0.6) is 5.75 Å². The van der Waals surface area contributed by atoms with E-state index in [1.165, 1.54) is 18.5 Å². The molecule has 4 nitrogen and oxygen atoms in total. The van der Waals surface area contributed by atoms with E-state index in [0.717, 1.165) is 17.3 Å². The maximum atomic E-state index is 5.11. The summed E-state index contributed by atoms with van der Waals surface area (Å²) in [4.78, 5) is 0. The predicted octanol–water partition coefficient (Wildman–Crippen LogP) is 3.04. The van der Waals surface area contributed by atoms with Crippen LogP contribution in [0.4, 0.5) is 11.5 Å². The van der Waals surface area contributed by atoms with Crippen LogP contribution >= 0.6 is 0 Å². The SMILES string of the molecule is COc1ccc(Nc2cc(C3CC3)[nH]n2)cc1. The summed E-state index contributed by atoms with van der Waals surface area (Å²) >= 11 is 0. The molecule has 1 aliphatic rings. The van der Waals surface area contributed by atoms with Crippen molar-refractivity contribution >= 4 is 11.5 Å². The van der Waals surface area contributed by atoms with Crippen LogP contribution in [0.25, 0.3) is 0 Å². The normalized spacial score (nSPS) is 14.6. The van der Waals surface area contributed by atoms with Gasteiger partial charge in [-0.2, -0.15) is 5.10 Å². The molecule has 0 unspecified atom stereocenters. The Bertz CT molecular complexity index is 500. The van der Waals surface area contributed by atoms with Gasteiger partial charge in [0.25, 0.3) is 0 Å². The highest BCUT2D eigenvalue weighted by molar-refractivity contribution is 5.57. The highest BCUT2D eigenvalue weighted by Gasteiger charge is 2.25. The number of methoxy groups -OCH3 is 1. The van der Waals surface area contributed by atoms with Crippen molar-refractivity contribution < 1.29 is 4.74 Å². The molecule has 2 N–H and O–H groups in total. The van der Waals surface area contributed by atoms with E-state index in [-0.39, 0.29) is 0 Å². The summed E-state index contributed by atoms with van der Waals surface area (Å²) in [6.07, 6.45) is 2.56. The third-order valence-corrected chi connectivity index (χ3v) is 2.98. The molecule has 0 atom stereocenters. The quantitative estimate of drug-likeness (QED) is 0.847. The number of aromatic amines is 1. The molecule has 1 aromatic carbocycles. The number of hydrogen-bond donors (Lipinski definition) is 2. The van der Waals surface area contributed by atoms with Gasteiger partial charge in [-0.1, -0.05) is 0 Å². The number of aromatic nitrogens is 2. The highest BCUT2D eigenvalue weighted by Crippen LogP contribution is 2.39. The molecule has 3 rings (SSSR count). The fourth-order valence-corrected chi connectivity index (χ4v) is 1.83. The summed E-state index contributed by atoms with van der Waals surface area (Å²) in [5, 5.41) is 10.6. The lowest BCUT2D eigenvalue weighted by Crippen LogP contribution is -1.90. The van der Waals surface area contributed by atoms with Gasteiger partial charge in [-0.05, 0) is 37.1 Å². The molecule has 88 valence electrons. The van der Waals surface area contributed by atoms with E-state index < -0.39 is 0 Å². The predicted molar refractivity (Wildman–Crippen MR) is 66.8 cm³/mol. The summed E-state index contributed by atoms with van der Waals surface area (Å²) in [7, 11) is 1.66. The van der Waals surface area contributed by atoms with Gasteiger partial charge >= 0.3 is 0 Å². The van der Waals surface area contributed by atoms with E-state index >= 15 is 0 Å². The van der Waals surface area contributed by atoms with Crippen molar-refractivity contribution in [2.75, 3.05) is 12.4 Å². The van der Waals surface area contributed by atoms with Crippen LogP contribution in [0.2, 0.25) is 0 Å². The van der Waals surface area contributed by atoms with Gasteiger partial charge in [-0.3, -0.25) is 5.10 Å². The second kappa shape index (κ2) is 4.13. The Morgan fingerprint density at radius 1 is 1.29 bits per heavy atom. The van der Waals surface area contributed by atoms with Crippen molar-refractivity contribution in [2.45, 2.75) is 18.8 Å². The molecule has 0 spiro atoms. The fraction of sp³-hybridized carbons (Fsp3) is 0.308. The minimum absolute atomic E-state index is 0.703. The molecular weight excluding hydrogens is 214 g/mol. The number of rotatable bonds is 4. The van der Waals surface area contributed by atoms with Gasteiger partial charge in [-0.25, -0.2) is 0 Å². The summed E-state index contributed by atoms with van der Waals surface area (Å²) in [6.45, 7) is 0. The first kappa shape index (κ1) is 10.2. The van der Waals surface area contributed by atoms with Crippen molar-refractivity contribution in [3.63, 3.8) is 0 Å². The molecule has 0 bridgehead atoms. The Morgan fingerprint density at radius 3 is 2.71 bits per heavy atom. The van der Waals surface area contributed by atoms with Crippen molar-refractivity contribution in [3.05, 3.63) is 36.0 Å². The van der Waals surface area contributed by atoms with Gasteiger partial charge in [0.2, 0.25) is 0 Å². The maximum absolute atomic E-state index is 5.11. The molecule has 0 radical (unpaired) electrons. The minimum Gasteiger partial charge on any atom is -0.497 e. The van der Waals surface area contributed by atoms with Crippen molar-refractivity contribution in [3.8, 4) is 5.75 Å². The van der Waals surface area contributed by atoms with Gasteiger partial charge in [0.1, 0.15) is 5.75 Å². The van der Waals surface area contributed by atoms with Crippen molar-refractivity contribution in [2.24, 2.45) is 0 Å². The number of nitrogens with one attached hydrogen (secondary N) is 2. The van der Waals surface area contributed by atoms with Gasteiger partial charge in [-0.15, -0.1) is 0 Å². The Labute approximate surface area is 100 Å². The zero-order chi connectivity index (χ0) is 11.7. The number of H-pyrrole nitrogens is 1. The third-order valence-electron chi connectivity index (χ3n) is 2.98. The van der Waals surface area contributed by atoms with Crippen LogP contribution in [0.3, 0.4) is 0 Å². The van der Waals surface area contributed by atoms with E-state index in [9.17, 15) is 0 Å². The van der Waals surface area contributed by atoms with Gasteiger partial charge in [0.05, 0.1) is 7.11 Å². The number of ether oxygens (including phenoxy) is 1. The van der Waals surface area contributed by atoms with E-state index in [4.69, 9.17) is 4.74 Å². The zero-order valence-corrected chi connectivity index (χ0v) is 9.73. The standard InChI is InChI=1S/C13H15N3O/c1-17-11-6-4-10(5-7-11)14-13-8-12(15-16-13)9-2-3-9/h4-9H,2-3H2,1H3,(H2,14,15,16). The molecule has 1 heterocycles. The molecule has 1 aliphatic carbocycles. The van der Waals surface area contributed by atoms with E-state index in [2.05, 4.69) is 21.6 Å². The Hall–Kier alpha value is -1.97. The smallest absolute Gasteiger partial charge is 0.152 e. The average Bonchev–Trinajstić information content (AvgIpc) is 3.12. The minimum atomic E-state index is 0.703.